The van der Waals surface area contributed by atoms with Crippen LogP contribution in [0.5, 0.6) is 5.75 Å². The number of rotatable bonds is 7. The molecular weight excluding hydrogens is 258 g/mol. The SMILES string of the molecule is CC(NC(=O)COc1ccc(CC(=O)O)cc1)C1CC1. The number of aliphatic carboxylic acids is 1. The predicted octanol–water partition coefficient (Wildman–Crippen LogP) is 1.61. The number of carboxylic acid groups (broad SMARTS) is 1. The molecule has 5 nitrogen and oxygen atoms in total. The van der Waals surface area contributed by atoms with Gasteiger partial charge in [-0.15, -0.1) is 0 Å². The molecule has 1 aliphatic carbocycles. The van der Waals surface area contributed by atoms with Gasteiger partial charge in [0, 0.05) is 6.04 Å². The maximum absolute atomic E-state index is 11.7. The van der Waals surface area contributed by atoms with Gasteiger partial charge >= 0.3 is 5.97 Å². The van der Waals surface area contributed by atoms with Crippen molar-refractivity contribution in [1.82, 2.24) is 5.32 Å². The Morgan fingerprint density at radius 2 is 2.00 bits per heavy atom. The van der Waals surface area contributed by atoms with Crippen LogP contribution < -0.4 is 10.1 Å². The van der Waals surface area contributed by atoms with E-state index >= 15 is 0 Å². The van der Waals surface area contributed by atoms with Gasteiger partial charge in [0.25, 0.3) is 5.91 Å². The fourth-order valence-electron chi connectivity index (χ4n) is 2.04. The van der Waals surface area contributed by atoms with Crippen LogP contribution in [0, 0.1) is 5.92 Å². The zero-order chi connectivity index (χ0) is 14.5. The van der Waals surface area contributed by atoms with Gasteiger partial charge in [0.1, 0.15) is 5.75 Å². The van der Waals surface area contributed by atoms with E-state index in [1.165, 1.54) is 12.8 Å². The minimum absolute atomic E-state index is 0.0142. The van der Waals surface area contributed by atoms with Gasteiger partial charge in [0.15, 0.2) is 6.61 Å². The summed E-state index contributed by atoms with van der Waals surface area (Å²) in [6.45, 7) is 1.99. The van der Waals surface area contributed by atoms with Crippen LogP contribution in [-0.2, 0) is 16.0 Å². The average molecular weight is 277 g/mol. The molecule has 108 valence electrons. The van der Waals surface area contributed by atoms with Gasteiger partial charge in [0.05, 0.1) is 6.42 Å². The Morgan fingerprint density at radius 1 is 1.35 bits per heavy atom. The van der Waals surface area contributed by atoms with E-state index in [9.17, 15) is 9.59 Å². The number of carbonyl (C=O) groups is 2. The van der Waals surface area contributed by atoms with E-state index in [1.54, 1.807) is 24.3 Å². The van der Waals surface area contributed by atoms with Crippen molar-refractivity contribution in [3.8, 4) is 5.75 Å². The highest BCUT2D eigenvalue weighted by Crippen LogP contribution is 2.32. The van der Waals surface area contributed by atoms with Gasteiger partial charge in [-0.2, -0.15) is 0 Å². The fraction of sp³-hybridized carbons (Fsp3) is 0.467. The molecule has 0 heterocycles. The van der Waals surface area contributed by atoms with Crippen molar-refractivity contribution in [1.29, 1.82) is 0 Å². The second-order valence-electron chi connectivity index (χ2n) is 5.20. The highest BCUT2D eigenvalue weighted by atomic mass is 16.5. The van der Waals surface area contributed by atoms with Crippen LogP contribution in [0.2, 0.25) is 0 Å². The molecule has 5 heteroatoms. The van der Waals surface area contributed by atoms with Crippen molar-refractivity contribution >= 4 is 11.9 Å². The molecule has 1 aromatic carbocycles. The van der Waals surface area contributed by atoms with E-state index in [2.05, 4.69) is 5.32 Å². The van der Waals surface area contributed by atoms with E-state index in [4.69, 9.17) is 9.84 Å². The molecule has 1 fully saturated rings. The van der Waals surface area contributed by atoms with Crippen molar-refractivity contribution in [2.24, 2.45) is 5.92 Å². The van der Waals surface area contributed by atoms with E-state index < -0.39 is 5.97 Å². The van der Waals surface area contributed by atoms with Crippen LogP contribution in [0.25, 0.3) is 0 Å². The Morgan fingerprint density at radius 3 is 2.55 bits per heavy atom. The first-order chi connectivity index (χ1) is 9.54. The lowest BCUT2D eigenvalue weighted by atomic mass is 10.1. The molecule has 0 aliphatic heterocycles. The summed E-state index contributed by atoms with van der Waals surface area (Å²) in [4.78, 5) is 22.2. The summed E-state index contributed by atoms with van der Waals surface area (Å²) in [6, 6.07) is 6.94. The first kappa shape index (κ1) is 14.4. The maximum Gasteiger partial charge on any atom is 0.307 e. The molecule has 1 unspecified atom stereocenters. The average Bonchev–Trinajstić information content (AvgIpc) is 3.21. The molecular formula is C15H19NO4. The molecule has 2 N–H and O–H groups in total. The molecule has 0 aromatic heterocycles. The Bertz CT molecular complexity index is 479. The molecule has 2 rings (SSSR count). The van der Waals surface area contributed by atoms with Gasteiger partial charge in [-0.25, -0.2) is 0 Å². The summed E-state index contributed by atoms with van der Waals surface area (Å²) in [5.41, 5.74) is 0.705. The minimum atomic E-state index is -0.868. The number of amides is 1. The van der Waals surface area contributed by atoms with Crippen LogP contribution in [0.4, 0.5) is 0 Å². The molecule has 0 radical (unpaired) electrons. The van der Waals surface area contributed by atoms with E-state index in [0.29, 0.717) is 17.2 Å². The first-order valence-electron chi connectivity index (χ1n) is 6.77. The van der Waals surface area contributed by atoms with Crippen molar-refractivity contribution in [3.63, 3.8) is 0 Å². The molecule has 1 amide bonds. The van der Waals surface area contributed by atoms with E-state index in [0.717, 1.165) is 0 Å². The third-order valence-corrected chi connectivity index (χ3v) is 3.37. The summed E-state index contributed by atoms with van der Waals surface area (Å²) < 4.78 is 5.37. The maximum atomic E-state index is 11.7. The van der Waals surface area contributed by atoms with Gasteiger partial charge < -0.3 is 15.2 Å². The highest BCUT2D eigenvalue weighted by molar-refractivity contribution is 5.77. The lowest BCUT2D eigenvalue weighted by Gasteiger charge is -2.13. The number of carbonyl (C=O) groups excluding carboxylic acids is 1. The van der Waals surface area contributed by atoms with Crippen LogP contribution in [0.1, 0.15) is 25.3 Å². The minimum Gasteiger partial charge on any atom is -0.484 e. The molecule has 20 heavy (non-hydrogen) atoms. The summed E-state index contributed by atoms with van der Waals surface area (Å²) >= 11 is 0. The summed E-state index contributed by atoms with van der Waals surface area (Å²) in [6.07, 6.45) is 2.36. The molecule has 0 saturated heterocycles. The molecule has 1 saturated carbocycles. The molecule has 0 bridgehead atoms. The normalized spacial score (nSPS) is 15.4. The zero-order valence-corrected chi connectivity index (χ0v) is 11.5. The van der Waals surface area contributed by atoms with Crippen molar-refractivity contribution in [2.45, 2.75) is 32.2 Å². The van der Waals surface area contributed by atoms with Crippen LogP contribution >= 0.6 is 0 Å². The highest BCUT2D eigenvalue weighted by Gasteiger charge is 2.28. The van der Waals surface area contributed by atoms with Gasteiger partial charge in [-0.05, 0) is 43.4 Å². The van der Waals surface area contributed by atoms with Gasteiger partial charge in [-0.3, -0.25) is 9.59 Å². The molecule has 0 spiro atoms. The second kappa shape index (κ2) is 6.41. The summed E-state index contributed by atoms with van der Waals surface area (Å²) in [5, 5.41) is 11.6. The van der Waals surface area contributed by atoms with Crippen LogP contribution in [0.15, 0.2) is 24.3 Å². The molecule has 1 aliphatic rings. The number of hydrogen-bond acceptors (Lipinski definition) is 3. The first-order valence-corrected chi connectivity index (χ1v) is 6.77. The topological polar surface area (TPSA) is 75.6 Å². The number of nitrogens with one attached hydrogen (secondary N) is 1. The third kappa shape index (κ3) is 4.57. The Balaban J connectivity index is 1.75. The van der Waals surface area contributed by atoms with Crippen molar-refractivity contribution in [3.05, 3.63) is 29.8 Å². The summed E-state index contributed by atoms with van der Waals surface area (Å²) in [5.74, 6) is 0.189. The number of hydrogen-bond donors (Lipinski definition) is 2. The smallest absolute Gasteiger partial charge is 0.307 e. The van der Waals surface area contributed by atoms with Crippen molar-refractivity contribution < 1.29 is 19.4 Å². The predicted molar refractivity (Wildman–Crippen MR) is 73.6 cm³/mol. The van der Waals surface area contributed by atoms with Gasteiger partial charge in [-0.1, -0.05) is 12.1 Å². The monoisotopic (exact) mass is 277 g/mol. The Kier molecular flexibility index (Phi) is 4.61. The van der Waals surface area contributed by atoms with Gasteiger partial charge in [0.2, 0.25) is 0 Å². The Hall–Kier alpha value is -2.04. The van der Waals surface area contributed by atoms with E-state index in [1.807, 2.05) is 6.92 Å². The largest absolute Gasteiger partial charge is 0.484 e. The third-order valence-electron chi connectivity index (χ3n) is 3.37. The molecule has 1 atom stereocenters. The molecule has 1 aromatic rings. The number of ether oxygens (including phenoxy) is 1. The lowest BCUT2D eigenvalue weighted by Crippen LogP contribution is -2.37. The zero-order valence-electron chi connectivity index (χ0n) is 11.5. The Labute approximate surface area is 117 Å². The quantitative estimate of drug-likeness (QED) is 0.794. The number of carboxylic acids is 1. The van der Waals surface area contributed by atoms with Crippen molar-refractivity contribution in [2.75, 3.05) is 6.61 Å². The standard InChI is InChI=1S/C15H19NO4/c1-10(12-4-5-12)16-14(17)9-20-13-6-2-11(3-7-13)8-15(18)19/h2-3,6-7,10,12H,4-5,8-9H2,1H3,(H,16,17)(H,18,19). The number of benzene rings is 1. The van der Waals surface area contributed by atoms with Crippen LogP contribution in [-0.4, -0.2) is 29.6 Å². The fourth-order valence-corrected chi connectivity index (χ4v) is 2.04. The second-order valence-corrected chi connectivity index (χ2v) is 5.20. The lowest BCUT2D eigenvalue weighted by molar-refractivity contribution is -0.136. The van der Waals surface area contributed by atoms with Crippen LogP contribution in [0.3, 0.4) is 0 Å². The van der Waals surface area contributed by atoms with E-state index in [-0.39, 0.29) is 25.0 Å². The summed E-state index contributed by atoms with van der Waals surface area (Å²) in [7, 11) is 0.